The third-order valence-electron chi connectivity index (χ3n) is 4.06. The highest BCUT2D eigenvalue weighted by atomic mass is 32.2. The van der Waals surface area contributed by atoms with Gasteiger partial charge in [0.25, 0.3) is 10.0 Å². The first-order chi connectivity index (χ1) is 13.9. The highest BCUT2D eigenvalue weighted by Gasteiger charge is 2.30. The zero-order valence-corrected chi connectivity index (χ0v) is 16.9. The van der Waals surface area contributed by atoms with Crippen LogP contribution in [0.25, 0.3) is 0 Å². The van der Waals surface area contributed by atoms with Crippen LogP contribution in [-0.2, 0) is 21.9 Å². The number of aromatic nitrogens is 3. The number of aryl methyl sites for hydroxylation is 1. The molecule has 0 saturated heterocycles. The summed E-state index contributed by atoms with van der Waals surface area (Å²) < 4.78 is 28.3. The van der Waals surface area contributed by atoms with E-state index in [4.69, 9.17) is 0 Å². The number of carbonyl (C=O) groups excluding carboxylic acids is 1. The monoisotopic (exact) mass is 428 g/mol. The number of nitrogens with one attached hydrogen (secondary N) is 2. The Bertz CT molecular complexity index is 1200. The molecule has 11 heteroatoms. The van der Waals surface area contributed by atoms with E-state index in [9.17, 15) is 13.2 Å². The SMILES string of the molecule is Cn1cnnc1Sc1ccc(NC(=O)CN=C2NS(=O)(=O)c3ccccc32)cc1. The highest BCUT2D eigenvalue weighted by Crippen LogP contribution is 2.26. The molecule has 3 aromatic rings. The fraction of sp³-hybridized carbons (Fsp3) is 0.111. The minimum atomic E-state index is -3.62. The molecule has 0 atom stereocenters. The van der Waals surface area contributed by atoms with E-state index in [1.165, 1.54) is 17.8 Å². The normalized spacial score (nSPS) is 15.7. The maximum absolute atomic E-state index is 12.2. The predicted octanol–water partition coefficient (Wildman–Crippen LogP) is 1.64. The van der Waals surface area contributed by atoms with Gasteiger partial charge in [-0.3, -0.25) is 14.5 Å². The molecule has 2 aromatic carbocycles. The van der Waals surface area contributed by atoms with Crippen LogP contribution < -0.4 is 10.0 Å². The topological polar surface area (TPSA) is 118 Å². The molecule has 0 spiro atoms. The van der Waals surface area contributed by atoms with Gasteiger partial charge in [0.2, 0.25) is 5.91 Å². The van der Waals surface area contributed by atoms with Crippen LogP contribution >= 0.6 is 11.8 Å². The minimum absolute atomic E-state index is 0.162. The number of sulfonamides is 1. The second kappa shape index (κ2) is 7.68. The van der Waals surface area contributed by atoms with Crippen molar-refractivity contribution in [3.63, 3.8) is 0 Å². The van der Waals surface area contributed by atoms with Crippen molar-refractivity contribution in [1.82, 2.24) is 19.5 Å². The first kappa shape index (κ1) is 19.2. The summed E-state index contributed by atoms with van der Waals surface area (Å²) in [5, 5.41) is 11.3. The van der Waals surface area contributed by atoms with Gasteiger partial charge in [0.1, 0.15) is 18.7 Å². The highest BCUT2D eigenvalue weighted by molar-refractivity contribution is 7.99. The Labute approximate surface area is 171 Å². The van der Waals surface area contributed by atoms with Gasteiger partial charge in [0.15, 0.2) is 5.16 Å². The molecule has 1 aliphatic heterocycles. The number of hydrogen-bond acceptors (Lipinski definition) is 7. The average molecular weight is 428 g/mol. The van der Waals surface area contributed by atoms with E-state index >= 15 is 0 Å². The summed E-state index contributed by atoms with van der Waals surface area (Å²) in [6, 6.07) is 13.8. The van der Waals surface area contributed by atoms with Crippen LogP contribution in [0.4, 0.5) is 5.69 Å². The van der Waals surface area contributed by atoms with Gasteiger partial charge < -0.3 is 9.88 Å². The van der Waals surface area contributed by atoms with Crippen LogP contribution in [0, 0.1) is 0 Å². The van der Waals surface area contributed by atoms with Gasteiger partial charge in [-0.05, 0) is 48.2 Å². The molecule has 0 fully saturated rings. The van der Waals surface area contributed by atoms with E-state index in [0.29, 0.717) is 11.3 Å². The lowest BCUT2D eigenvalue weighted by Gasteiger charge is -2.05. The quantitative estimate of drug-likeness (QED) is 0.638. The fourth-order valence-electron chi connectivity index (χ4n) is 2.68. The number of amides is 1. The van der Waals surface area contributed by atoms with E-state index in [0.717, 1.165) is 10.1 Å². The van der Waals surface area contributed by atoms with Crippen molar-refractivity contribution in [3.8, 4) is 0 Å². The van der Waals surface area contributed by atoms with Crippen molar-refractivity contribution >= 4 is 39.2 Å². The number of amidine groups is 1. The number of hydrogen-bond donors (Lipinski definition) is 2. The van der Waals surface area contributed by atoms with Crippen molar-refractivity contribution in [2.24, 2.45) is 12.0 Å². The largest absolute Gasteiger partial charge is 0.324 e. The van der Waals surface area contributed by atoms with Crippen LogP contribution in [0.1, 0.15) is 5.56 Å². The Hall–Kier alpha value is -3.18. The van der Waals surface area contributed by atoms with E-state index < -0.39 is 10.0 Å². The summed E-state index contributed by atoms with van der Waals surface area (Å²) in [6.07, 6.45) is 1.63. The Morgan fingerprint density at radius 3 is 2.69 bits per heavy atom. The van der Waals surface area contributed by atoms with Gasteiger partial charge in [-0.15, -0.1) is 10.2 Å². The fourth-order valence-corrected chi connectivity index (χ4v) is 4.69. The summed E-state index contributed by atoms with van der Waals surface area (Å²) in [4.78, 5) is 17.4. The van der Waals surface area contributed by atoms with Gasteiger partial charge in [-0.1, -0.05) is 12.1 Å². The molecular formula is C18H16N6O3S2. The lowest BCUT2D eigenvalue weighted by molar-refractivity contribution is -0.114. The molecule has 2 heterocycles. The summed E-state index contributed by atoms with van der Waals surface area (Å²) in [7, 11) is -1.75. The number of nitrogens with zero attached hydrogens (tertiary/aromatic N) is 4. The Morgan fingerprint density at radius 2 is 1.97 bits per heavy atom. The zero-order chi connectivity index (χ0) is 20.4. The summed E-state index contributed by atoms with van der Waals surface area (Å²) in [5.74, 6) is -0.180. The standard InChI is InChI=1S/C18H16N6O3S2/c1-24-11-20-22-18(24)28-13-8-6-12(7-9-13)21-16(25)10-19-17-14-4-2-3-5-15(14)29(26,27)23-17/h2-9,11H,10H2,1H3,(H,19,23)(H,21,25). The molecule has 0 unspecified atom stereocenters. The molecule has 29 heavy (non-hydrogen) atoms. The molecule has 9 nitrogen and oxygen atoms in total. The van der Waals surface area contributed by atoms with Gasteiger partial charge >= 0.3 is 0 Å². The summed E-state index contributed by atoms with van der Waals surface area (Å²) in [5.41, 5.74) is 1.08. The lowest BCUT2D eigenvalue weighted by Crippen LogP contribution is -2.24. The van der Waals surface area contributed by atoms with Crippen LogP contribution in [0.5, 0.6) is 0 Å². The Kier molecular flexibility index (Phi) is 5.07. The maximum Gasteiger partial charge on any atom is 0.263 e. The molecule has 148 valence electrons. The molecule has 0 bridgehead atoms. The predicted molar refractivity (Wildman–Crippen MR) is 108 cm³/mol. The second-order valence-corrected chi connectivity index (χ2v) is 8.86. The van der Waals surface area contributed by atoms with E-state index in [1.807, 2.05) is 23.7 Å². The third kappa shape index (κ3) is 4.15. The van der Waals surface area contributed by atoms with Gasteiger partial charge in [0.05, 0.1) is 4.90 Å². The number of aliphatic imine (C=N–C) groups is 1. The first-order valence-corrected chi connectivity index (χ1v) is 10.8. The molecule has 2 N–H and O–H groups in total. The average Bonchev–Trinajstić information content (AvgIpc) is 3.22. The van der Waals surface area contributed by atoms with Gasteiger partial charge in [-0.25, -0.2) is 8.42 Å². The smallest absolute Gasteiger partial charge is 0.263 e. The Morgan fingerprint density at radius 1 is 1.21 bits per heavy atom. The van der Waals surface area contributed by atoms with Gasteiger partial charge in [0, 0.05) is 23.2 Å². The van der Waals surface area contributed by atoms with Crippen LogP contribution in [0.3, 0.4) is 0 Å². The zero-order valence-electron chi connectivity index (χ0n) is 15.2. The second-order valence-electron chi connectivity index (χ2n) is 6.17. The van der Waals surface area contributed by atoms with Crippen molar-refractivity contribution in [1.29, 1.82) is 0 Å². The molecule has 4 rings (SSSR count). The molecule has 1 aliphatic rings. The lowest BCUT2D eigenvalue weighted by atomic mass is 10.2. The number of rotatable bonds is 5. The molecule has 1 amide bonds. The summed E-state index contributed by atoms with van der Waals surface area (Å²) >= 11 is 1.46. The molecule has 1 aromatic heterocycles. The van der Waals surface area contributed by atoms with Crippen LogP contribution in [0.2, 0.25) is 0 Å². The maximum atomic E-state index is 12.2. The number of anilines is 1. The van der Waals surface area contributed by atoms with E-state index in [2.05, 4.69) is 25.2 Å². The number of fused-ring (bicyclic) bond motifs is 1. The van der Waals surface area contributed by atoms with Crippen LogP contribution in [-0.4, -0.2) is 41.5 Å². The number of carbonyl (C=O) groups is 1. The number of benzene rings is 2. The van der Waals surface area contributed by atoms with Crippen molar-refractivity contribution < 1.29 is 13.2 Å². The molecular weight excluding hydrogens is 412 g/mol. The van der Waals surface area contributed by atoms with Crippen LogP contribution in [0.15, 0.2) is 74.8 Å². The van der Waals surface area contributed by atoms with Crippen molar-refractivity contribution in [3.05, 3.63) is 60.4 Å². The molecule has 0 aliphatic carbocycles. The minimum Gasteiger partial charge on any atom is -0.324 e. The van der Waals surface area contributed by atoms with Crippen molar-refractivity contribution in [2.75, 3.05) is 11.9 Å². The van der Waals surface area contributed by atoms with Gasteiger partial charge in [-0.2, -0.15) is 0 Å². The first-order valence-electron chi connectivity index (χ1n) is 8.51. The molecule has 0 radical (unpaired) electrons. The van der Waals surface area contributed by atoms with Crippen molar-refractivity contribution in [2.45, 2.75) is 14.9 Å². The van der Waals surface area contributed by atoms with E-state index in [1.54, 1.807) is 36.7 Å². The summed E-state index contributed by atoms with van der Waals surface area (Å²) in [6.45, 7) is -0.207. The van der Waals surface area contributed by atoms with E-state index in [-0.39, 0.29) is 23.2 Å². The Balaban J connectivity index is 1.39. The molecule has 0 saturated carbocycles. The third-order valence-corrected chi connectivity index (χ3v) is 6.52.